The number of carbonyl (C=O) groups is 1. The van der Waals surface area contributed by atoms with Crippen molar-refractivity contribution in [3.05, 3.63) is 24.2 Å². The van der Waals surface area contributed by atoms with Gasteiger partial charge in [0.1, 0.15) is 5.76 Å². The Morgan fingerprint density at radius 2 is 2.14 bits per heavy atom. The minimum Gasteiger partial charge on any atom is -0.469 e. The number of rotatable bonds is 7. The van der Waals surface area contributed by atoms with E-state index < -0.39 is 0 Å². The van der Waals surface area contributed by atoms with Gasteiger partial charge in [0.2, 0.25) is 5.91 Å². The number of aryl methyl sites for hydroxylation is 1. The van der Waals surface area contributed by atoms with Gasteiger partial charge in [0.05, 0.1) is 6.26 Å². The number of hydrogen-bond donors (Lipinski definition) is 1. The summed E-state index contributed by atoms with van der Waals surface area (Å²) in [5.41, 5.74) is 5.53. The number of carbonyl (C=O) groups excluding carboxylic acids is 1. The average molecular weight is 293 g/mol. The molecule has 0 aromatic carbocycles. The monoisotopic (exact) mass is 293 g/mol. The highest BCUT2D eigenvalue weighted by Gasteiger charge is 2.18. The Morgan fingerprint density at radius 3 is 2.90 bits per heavy atom. The fourth-order valence-corrected chi connectivity index (χ4v) is 2.77. The van der Waals surface area contributed by atoms with Crippen molar-refractivity contribution >= 4 is 5.91 Å². The first-order chi connectivity index (χ1) is 10.3. The molecule has 2 rings (SSSR count). The normalized spacial score (nSPS) is 16.9. The quantitative estimate of drug-likeness (QED) is 0.774. The largest absolute Gasteiger partial charge is 0.469 e. The predicted octanol–water partition coefficient (Wildman–Crippen LogP) is 1.49. The molecular weight excluding hydrogens is 266 g/mol. The third-order valence-electron chi connectivity index (χ3n) is 4.04. The number of furan rings is 1. The molecular formula is C16H27N3O2. The molecule has 118 valence electrons. The summed E-state index contributed by atoms with van der Waals surface area (Å²) in [5.74, 6) is 1.14. The zero-order chi connectivity index (χ0) is 14.9. The first-order valence-corrected chi connectivity index (χ1v) is 8.02. The molecule has 0 saturated carbocycles. The van der Waals surface area contributed by atoms with E-state index in [2.05, 4.69) is 4.90 Å². The predicted molar refractivity (Wildman–Crippen MR) is 83.0 cm³/mol. The van der Waals surface area contributed by atoms with Crippen molar-refractivity contribution in [2.45, 2.75) is 32.1 Å². The number of nitrogens with two attached hydrogens (primary N) is 1. The number of unbranched alkanes of at least 4 members (excludes halogenated alkanes) is 1. The summed E-state index contributed by atoms with van der Waals surface area (Å²) in [5, 5.41) is 0. The molecule has 1 aliphatic rings. The Hall–Kier alpha value is -1.33. The summed E-state index contributed by atoms with van der Waals surface area (Å²) < 4.78 is 5.28. The highest BCUT2D eigenvalue weighted by Crippen LogP contribution is 2.09. The highest BCUT2D eigenvalue weighted by molar-refractivity contribution is 5.76. The minimum absolute atomic E-state index is 0.246. The van der Waals surface area contributed by atoms with Gasteiger partial charge >= 0.3 is 0 Å². The van der Waals surface area contributed by atoms with Gasteiger partial charge in [0.25, 0.3) is 0 Å². The zero-order valence-electron chi connectivity index (χ0n) is 12.8. The summed E-state index contributed by atoms with van der Waals surface area (Å²) in [7, 11) is 0. The first kappa shape index (κ1) is 16.0. The van der Waals surface area contributed by atoms with Gasteiger partial charge in [0.15, 0.2) is 0 Å². The van der Waals surface area contributed by atoms with E-state index in [0.29, 0.717) is 12.8 Å². The molecule has 0 aliphatic carbocycles. The maximum absolute atomic E-state index is 12.3. The fraction of sp³-hybridized carbons (Fsp3) is 0.688. The van der Waals surface area contributed by atoms with E-state index in [0.717, 1.165) is 64.3 Å². The van der Waals surface area contributed by atoms with E-state index in [1.54, 1.807) is 6.26 Å². The van der Waals surface area contributed by atoms with Crippen molar-refractivity contribution in [3.63, 3.8) is 0 Å². The van der Waals surface area contributed by atoms with Crippen molar-refractivity contribution < 1.29 is 9.21 Å². The maximum atomic E-state index is 12.3. The van der Waals surface area contributed by atoms with Crippen molar-refractivity contribution in [1.82, 2.24) is 9.80 Å². The van der Waals surface area contributed by atoms with Gasteiger partial charge in [-0.1, -0.05) is 0 Å². The Balaban J connectivity index is 1.70. The number of nitrogens with zero attached hydrogens (tertiary/aromatic N) is 2. The molecule has 2 N–H and O–H groups in total. The second-order valence-corrected chi connectivity index (χ2v) is 5.65. The molecule has 0 unspecified atom stereocenters. The lowest BCUT2D eigenvalue weighted by atomic mass is 10.2. The van der Waals surface area contributed by atoms with Crippen LogP contribution in [0.4, 0.5) is 0 Å². The van der Waals surface area contributed by atoms with E-state index >= 15 is 0 Å². The molecule has 21 heavy (non-hydrogen) atoms. The average Bonchev–Trinajstić information content (AvgIpc) is 2.90. The highest BCUT2D eigenvalue weighted by atomic mass is 16.3. The maximum Gasteiger partial charge on any atom is 0.223 e. The second kappa shape index (κ2) is 8.85. The van der Waals surface area contributed by atoms with Crippen molar-refractivity contribution in [3.8, 4) is 0 Å². The van der Waals surface area contributed by atoms with Crippen LogP contribution in [0, 0.1) is 0 Å². The topological polar surface area (TPSA) is 62.7 Å². The van der Waals surface area contributed by atoms with Gasteiger partial charge in [-0.2, -0.15) is 0 Å². The van der Waals surface area contributed by atoms with E-state index in [-0.39, 0.29) is 5.91 Å². The standard InChI is InChI=1S/C16H27N3O2/c17-8-1-2-9-18-10-4-11-19(13-12-18)16(20)7-6-15-5-3-14-21-15/h3,5,14H,1-2,4,6-13,17H2. The van der Waals surface area contributed by atoms with E-state index in [9.17, 15) is 4.79 Å². The fourth-order valence-electron chi connectivity index (χ4n) is 2.77. The third-order valence-corrected chi connectivity index (χ3v) is 4.04. The van der Waals surface area contributed by atoms with Gasteiger partial charge in [-0.3, -0.25) is 4.79 Å². The van der Waals surface area contributed by atoms with Crippen LogP contribution in [-0.4, -0.2) is 55.0 Å². The van der Waals surface area contributed by atoms with Crippen LogP contribution >= 0.6 is 0 Å². The van der Waals surface area contributed by atoms with E-state index in [4.69, 9.17) is 10.2 Å². The summed E-state index contributed by atoms with van der Waals surface area (Å²) in [6.45, 7) is 5.67. The van der Waals surface area contributed by atoms with Gasteiger partial charge in [-0.25, -0.2) is 0 Å². The molecule has 1 saturated heterocycles. The van der Waals surface area contributed by atoms with Gasteiger partial charge in [-0.05, 0) is 51.0 Å². The third kappa shape index (κ3) is 5.52. The Labute approximate surface area is 127 Å². The molecule has 1 aromatic rings. The van der Waals surface area contributed by atoms with Crippen molar-refractivity contribution in [2.24, 2.45) is 5.73 Å². The van der Waals surface area contributed by atoms with Gasteiger partial charge < -0.3 is 20.0 Å². The molecule has 1 amide bonds. The van der Waals surface area contributed by atoms with Crippen molar-refractivity contribution in [2.75, 3.05) is 39.3 Å². The molecule has 0 bridgehead atoms. The molecule has 1 aliphatic heterocycles. The summed E-state index contributed by atoms with van der Waals surface area (Å²) >= 11 is 0. The van der Waals surface area contributed by atoms with Crippen LogP contribution in [0.15, 0.2) is 22.8 Å². The summed E-state index contributed by atoms with van der Waals surface area (Å²) in [6, 6.07) is 3.79. The van der Waals surface area contributed by atoms with Crippen LogP contribution < -0.4 is 5.73 Å². The van der Waals surface area contributed by atoms with E-state index in [1.165, 1.54) is 0 Å². The number of amides is 1. The lowest BCUT2D eigenvalue weighted by Gasteiger charge is -2.22. The van der Waals surface area contributed by atoms with Crippen molar-refractivity contribution in [1.29, 1.82) is 0 Å². The Kier molecular flexibility index (Phi) is 6.76. The molecule has 5 heteroatoms. The van der Waals surface area contributed by atoms with Gasteiger partial charge in [0, 0.05) is 32.5 Å². The lowest BCUT2D eigenvalue weighted by molar-refractivity contribution is -0.131. The SMILES string of the molecule is NCCCCN1CCCN(C(=O)CCc2ccco2)CC1. The molecule has 0 radical (unpaired) electrons. The Morgan fingerprint density at radius 1 is 1.24 bits per heavy atom. The van der Waals surface area contributed by atoms with Crippen LogP contribution in [0.1, 0.15) is 31.4 Å². The summed E-state index contributed by atoms with van der Waals surface area (Å²) in [6.07, 6.45) is 6.20. The molecule has 1 fully saturated rings. The lowest BCUT2D eigenvalue weighted by Crippen LogP contribution is -2.35. The molecule has 2 heterocycles. The smallest absolute Gasteiger partial charge is 0.223 e. The minimum atomic E-state index is 0.246. The summed E-state index contributed by atoms with van der Waals surface area (Å²) in [4.78, 5) is 16.7. The molecule has 0 spiro atoms. The van der Waals surface area contributed by atoms with Crippen LogP contribution in [0.5, 0.6) is 0 Å². The zero-order valence-corrected chi connectivity index (χ0v) is 12.8. The van der Waals surface area contributed by atoms with Crippen LogP contribution in [0.25, 0.3) is 0 Å². The Bertz CT molecular complexity index is 406. The molecule has 0 atom stereocenters. The molecule has 1 aromatic heterocycles. The second-order valence-electron chi connectivity index (χ2n) is 5.65. The van der Waals surface area contributed by atoms with Crippen LogP contribution in [0.3, 0.4) is 0 Å². The molecule has 5 nitrogen and oxygen atoms in total. The van der Waals surface area contributed by atoms with E-state index in [1.807, 2.05) is 17.0 Å². The first-order valence-electron chi connectivity index (χ1n) is 8.02. The van der Waals surface area contributed by atoms with Crippen LogP contribution in [0.2, 0.25) is 0 Å². The van der Waals surface area contributed by atoms with Gasteiger partial charge in [-0.15, -0.1) is 0 Å². The number of hydrogen-bond acceptors (Lipinski definition) is 4. The van der Waals surface area contributed by atoms with Crippen LogP contribution in [-0.2, 0) is 11.2 Å².